The minimum absolute atomic E-state index is 0.254. The molecule has 0 saturated heterocycles. The lowest BCUT2D eigenvalue weighted by molar-refractivity contribution is -0.126. The zero-order valence-corrected chi connectivity index (χ0v) is 13.3. The minimum Gasteiger partial charge on any atom is -0.325 e. The predicted molar refractivity (Wildman–Crippen MR) is 83.5 cm³/mol. The molecule has 0 radical (unpaired) electrons. The fourth-order valence-electron chi connectivity index (χ4n) is 1.22. The third-order valence-corrected chi connectivity index (χ3v) is 3.35. The Morgan fingerprint density at radius 1 is 1.25 bits per heavy atom. The summed E-state index contributed by atoms with van der Waals surface area (Å²) in [7, 11) is 0. The van der Waals surface area contributed by atoms with Gasteiger partial charge in [-0.1, -0.05) is 26.0 Å². The van der Waals surface area contributed by atoms with Gasteiger partial charge in [-0.25, -0.2) is 5.43 Å². The molecule has 0 spiro atoms. The van der Waals surface area contributed by atoms with Crippen LogP contribution in [0.25, 0.3) is 0 Å². The topological polar surface area (TPSA) is 70.6 Å². The van der Waals surface area contributed by atoms with E-state index in [4.69, 9.17) is 0 Å². The van der Waals surface area contributed by atoms with Crippen LogP contribution in [-0.2, 0) is 9.59 Å². The molecule has 0 unspecified atom stereocenters. The summed E-state index contributed by atoms with van der Waals surface area (Å²) in [5.41, 5.74) is 3.81. The molecule has 0 fully saturated rings. The molecule has 5 nitrogen and oxygen atoms in total. The van der Waals surface area contributed by atoms with Crippen molar-refractivity contribution >= 4 is 39.1 Å². The SMILES string of the molecule is C/C(=N/NC(=O)CC(=O)Nc1ccccc1Br)C(C)C. The summed E-state index contributed by atoms with van der Waals surface area (Å²) in [5, 5.41) is 6.59. The van der Waals surface area contributed by atoms with Gasteiger partial charge in [0.2, 0.25) is 11.8 Å². The molecule has 0 saturated carbocycles. The molecule has 0 aliphatic carbocycles. The zero-order valence-electron chi connectivity index (χ0n) is 11.7. The molecule has 0 heterocycles. The first-order valence-corrected chi connectivity index (χ1v) is 7.07. The number of para-hydroxylation sites is 1. The average molecular weight is 340 g/mol. The molecular formula is C14H18BrN3O2. The number of halogens is 1. The van der Waals surface area contributed by atoms with E-state index in [2.05, 4.69) is 31.8 Å². The van der Waals surface area contributed by atoms with Crippen LogP contribution in [0.1, 0.15) is 27.2 Å². The Kier molecular flexibility index (Phi) is 6.38. The minimum atomic E-state index is -0.436. The van der Waals surface area contributed by atoms with Crippen LogP contribution < -0.4 is 10.7 Å². The lowest BCUT2D eigenvalue weighted by atomic mass is 10.1. The van der Waals surface area contributed by atoms with Gasteiger partial charge in [-0.2, -0.15) is 5.10 Å². The number of carbonyl (C=O) groups excluding carboxylic acids is 2. The van der Waals surface area contributed by atoms with Crippen LogP contribution in [0.5, 0.6) is 0 Å². The van der Waals surface area contributed by atoms with Crippen molar-refractivity contribution in [2.75, 3.05) is 5.32 Å². The number of carbonyl (C=O) groups is 2. The van der Waals surface area contributed by atoms with E-state index >= 15 is 0 Å². The van der Waals surface area contributed by atoms with Gasteiger partial charge >= 0.3 is 0 Å². The molecular weight excluding hydrogens is 322 g/mol. The van der Waals surface area contributed by atoms with Crippen LogP contribution in [0.15, 0.2) is 33.8 Å². The van der Waals surface area contributed by atoms with E-state index in [-0.39, 0.29) is 18.2 Å². The van der Waals surface area contributed by atoms with Gasteiger partial charge in [0.1, 0.15) is 6.42 Å². The lowest BCUT2D eigenvalue weighted by Crippen LogP contribution is -2.26. The van der Waals surface area contributed by atoms with Gasteiger partial charge in [-0.3, -0.25) is 9.59 Å². The first-order valence-electron chi connectivity index (χ1n) is 6.27. The Bertz CT molecular complexity index is 527. The van der Waals surface area contributed by atoms with Crippen LogP contribution in [0.4, 0.5) is 5.69 Å². The monoisotopic (exact) mass is 339 g/mol. The summed E-state index contributed by atoms with van der Waals surface area (Å²) in [6.07, 6.45) is -0.268. The number of rotatable bonds is 5. The summed E-state index contributed by atoms with van der Waals surface area (Å²) in [6, 6.07) is 7.21. The second kappa shape index (κ2) is 7.79. The predicted octanol–water partition coefficient (Wildman–Crippen LogP) is 2.93. The number of hydrogen-bond donors (Lipinski definition) is 2. The van der Waals surface area contributed by atoms with Gasteiger partial charge in [0, 0.05) is 10.2 Å². The molecule has 0 aliphatic rings. The van der Waals surface area contributed by atoms with Gasteiger partial charge < -0.3 is 5.32 Å². The largest absolute Gasteiger partial charge is 0.325 e. The first kappa shape index (κ1) is 16.4. The molecule has 0 aromatic heterocycles. The highest BCUT2D eigenvalue weighted by Gasteiger charge is 2.10. The average Bonchev–Trinajstić information content (AvgIpc) is 2.38. The van der Waals surface area contributed by atoms with Gasteiger partial charge in [-0.15, -0.1) is 0 Å². The van der Waals surface area contributed by atoms with Crippen LogP contribution in [0.3, 0.4) is 0 Å². The number of hydrazone groups is 1. The van der Waals surface area contributed by atoms with Gasteiger partial charge in [0.15, 0.2) is 0 Å². The van der Waals surface area contributed by atoms with Crippen LogP contribution in [-0.4, -0.2) is 17.5 Å². The Labute approximate surface area is 127 Å². The molecule has 0 aliphatic heterocycles. The van der Waals surface area contributed by atoms with Gasteiger partial charge in [0.25, 0.3) is 0 Å². The highest BCUT2D eigenvalue weighted by molar-refractivity contribution is 9.10. The van der Waals surface area contributed by atoms with E-state index in [1.807, 2.05) is 32.9 Å². The first-order chi connectivity index (χ1) is 9.40. The highest BCUT2D eigenvalue weighted by atomic mass is 79.9. The summed E-state index contributed by atoms with van der Waals surface area (Å²) in [6.45, 7) is 5.78. The van der Waals surface area contributed by atoms with Crippen molar-refractivity contribution in [3.8, 4) is 0 Å². The van der Waals surface area contributed by atoms with E-state index in [1.54, 1.807) is 12.1 Å². The zero-order chi connectivity index (χ0) is 15.1. The summed E-state index contributed by atoms with van der Waals surface area (Å²) >= 11 is 3.32. The molecule has 2 amide bonds. The number of anilines is 1. The molecule has 20 heavy (non-hydrogen) atoms. The van der Waals surface area contributed by atoms with Crippen LogP contribution in [0, 0.1) is 5.92 Å². The van der Waals surface area contributed by atoms with Crippen molar-refractivity contribution in [2.45, 2.75) is 27.2 Å². The fourth-order valence-corrected chi connectivity index (χ4v) is 1.61. The maximum Gasteiger partial charge on any atom is 0.249 e. The molecule has 0 bridgehead atoms. The standard InChI is InChI=1S/C14H18BrN3O2/c1-9(2)10(3)17-18-14(20)8-13(19)16-12-7-5-4-6-11(12)15/h4-7,9H,8H2,1-3H3,(H,16,19)(H,18,20)/b17-10-. The third-order valence-electron chi connectivity index (χ3n) is 2.66. The van der Waals surface area contributed by atoms with E-state index in [1.165, 1.54) is 0 Å². The van der Waals surface area contributed by atoms with E-state index in [0.29, 0.717) is 5.69 Å². The van der Waals surface area contributed by atoms with Crippen LogP contribution >= 0.6 is 15.9 Å². The van der Waals surface area contributed by atoms with E-state index < -0.39 is 5.91 Å². The van der Waals surface area contributed by atoms with Gasteiger partial charge in [-0.05, 0) is 40.9 Å². The Morgan fingerprint density at radius 2 is 1.90 bits per heavy atom. The lowest BCUT2D eigenvalue weighted by Gasteiger charge is -2.07. The Hall–Kier alpha value is -1.69. The van der Waals surface area contributed by atoms with Crippen molar-refractivity contribution in [1.29, 1.82) is 0 Å². The second-order valence-corrected chi connectivity index (χ2v) is 5.50. The Morgan fingerprint density at radius 3 is 2.50 bits per heavy atom. The van der Waals surface area contributed by atoms with Crippen molar-refractivity contribution < 1.29 is 9.59 Å². The van der Waals surface area contributed by atoms with Crippen molar-refractivity contribution in [2.24, 2.45) is 11.0 Å². The number of amides is 2. The van der Waals surface area contributed by atoms with E-state index in [0.717, 1.165) is 10.2 Å². The number of nitrogens with one attached hydrogen (secondary N) is 2. The van der Waals surface area contributed by atoms with Crippen molar-refractivity contribution in [1.82, 2.24) is 5.43 Å². The van der Waals surface area contributed by atoms with Crippen LogP contribution in [0.2, 0.25) is 0 Å². The summed E-state index contributed by atoms with van der Waals surface area (Å²) in [4.78, 5) is 23.3. The molecule has 2 N–H and O–H groups in total. The number of hydrogen-bond acceptors (Lipinski definition) is 3. The quantitative estimate of drug-likeness (QED) is 0.492. The molecule has 1 rings (SSSR count). The van der Waals surface area contributed by atoms with Crippen molar-refractivity contribution in [3.05, 3.63) is 28.7 Å². The van der Waals surface area contributed by atoms with Crippen molar-refractivity contribution in [3.63, 3.8) is 0 Å². The molecule has 1 aromatic rings. The number of nitrogens with zero attached hydrogens (tertiary/aromatic N) is 1. The third kappa shape index (κ3) is 5.52. The molecule has 108 valence electrons. The maximum atomic E-state index is 11.7. The summed E-state index contributed by atoms with van der Waals surface area (Å²) in [5.74, 6) is -0.564. The highest BCUT2D eigenvalue weighted by Crippen LogP contribution is 2.21. The smallest absolute Gasteiger partial charge is 0.249 e. The Balaban J connectivity index is 2.49. The maximum absolute atomic E-state index is 11.7. The van der Waals surface area contributed by atoms with Gasteiger partial charge in [0.05, 0.1) is 5.69 Å². The number of benzene rings is 1. The normalized spacial score (nSPS) is 11.3. The molecule has 0 atom stereocenters. The van der Waals surface area contributed by atoms with E-state index in [9.17, 15) is 9.59 Å². The summed E-state index contributed by atoms with van der Waals surface area (Å²) < 4.78 is 0.766. The second-order valence-electron chi connectivity index (χ2n) is 4.65. The molecule has 1 aromatic carbocycles. The fraction of sp³-hybridized carbons (Fsp3) is 0.357. The molecule has 6 heteroatoms.